The second-order valence-corrected chi connectivity index (χ2v) is 4.08. The second-order valence-electron chi connectivity index (χ2n) is 3.67. The van der Waals surface area contributed by atoms with E-state index in [4.69, 9.17) is 11.6 Å². The number of halogens is 1. The van der Waals surface area contributed by atoms with E-state index in [9.17, 15) is 4.79 Å². The van der Waals surface area contributed by atoms with Crippen LogP contribution in [-0.4, -0.2) is 5.78 Å². The van der Waals surface area contributed by atoms with Crippen molar-refractivity contribution in [2.24, 2.45) is 0 Å². The van der Waals surface area contributed by atoms with Crippen molar-refractivity contribution in [2.75, 3.05) is 0 Å². The van der Waals surface area contributed by atoms with Crippen LogP contribution in [0.1, 0.15) is 49.0 Å². The summed E-state index contributed by atoms with van der Waals surface area (Å²) in [6.45, 7) is 6.05. The Morgan fingerprint density at radius 1 is 1.43 bits per heavy atom. The van der Waals surface area contributed by atoms with E-state index in [2.05, 4.69) is 13.8 Å². The lowest BCUT2D eigenvalue weighted by molar-refractivity contribution is 0.0988. The molecule has 0 fully saturated rings. The molecule has 0 bridgehead atoms. The zero-order chi connectivity index (χ0) is 10.7. The minimum absolute atomic E-state index is 0.109. The topological polar surface area (TPSA) is 17.1 Å². The first-order valence-electron chi connectivity index (χ1n) is 4.89. The van der Waals surface area contributed by atoms with E-state index < -0.39 is 0 Å². The molecule has 0 aliphatic heterocycles. The summed E-state index contributed by atoms with van der Waals surface area (Å²) in [6.07, 6.45) is 0.501. The summed E-state index contributed by atoms with van der Waals surface area (Å²) in [7, 11) is 0. The molecule has 1 rings (SSSR count). The van der Waals surface area contributed by atoms with Crippen molar-refractivity contribution in [2.45, 2.75) is 33.1 Å². The maximum absolute atomic E-state index is 11.5. The fourth-order valence-electron chi connectivity index (χ4n) is 1.31. The number of ketones is 1. The quantitative estimate of drug-likeness (QED) is 0.688. The van der Waals surface area contributed by atoms with E-state index in [0.29, 0.717) is 22.9 Å². The SMILES string of the molecule is CCC(=O)c1cc(C(C)C)ccc1Cl. The number of carbonyl (C=O) groups excluding carboxylic acids is 1. The third-order valence-electron chi connectivity index (χ3n) is 2.28. The normalized spacial score (nSPS) is 10.6. The minimum Gasteiger partial charge on any atom is -0.294 e. The molecule has 0 spiro atoms. The molecule has 0 aromatic heterocycles. The van der Waals surface area contributed by atoms with E-state index in [1.54, 1.807) is 6.07 Å². The van der Waals surface area contributed by atoms with E-state index in [-0.39, 0.29) is 5.78 Å². The molecule has 0 heterocycles. The van der Waals surface area contributed by atoms with Gasteiger partial charge in [-0.2, -0.15) is 0 Å². The van der Waals surface area contributed by atoms with Crippen molar-refractivity contribution in [3.8, 4) is 0 Å². The molecule has 14 heavy (non-hydrogen) atoms. The molecule has 1 nitrogen and oxygen atoms in total. The van der Waals surface area contributed by atoms with Gasteiger partial charge in [0, 0.05) is 12.0 Å². The van der Waals surface area contributed by atoms with Crippen LogP contribution in [0, 0.1) is 0 Å². The number of hydrogen-bond acceptors (Lipinski definition) is 1. The van der Waals surface area contributed by atoms with Gasteiger partial charge in [0.25, 0.3) is 0 Å². The van der Waals surface area contributed by atoms with E-state index in [0.717, 1.165) is 5.56 Å². The van der Waals surface area contributed by atoms with Gasteiger partial charge in [-0.15, -0.1) is 0 Å². The first-order valence-corrected chi connectivity index (χ1v) is 5.26. The van der Waals surface area contributed by atoms with Gasteiger partial charge in [-0.25, -0.2) is 0 Å². The number of rotatable bonds is 3. The van der Waals surface area contributed by atoms with Gasteiger partial charge in [-0.3, -0.25) is 4.79 Å². The van der Waals surface area contributed by atoms with Gasteiger partial charge in [-0.05, 0) is 23.6 Å². The predicted octanol–water partition coefficient (Wildman–Crippen LogP) is 4.06. The molecule has 0 unspecified atom stereocenters. The van der Waals surface area contributed by atoms with Crippen molar-refractivity contribution >= 4 is 17.4 Å². The van der Waals surface area contributed by atoms with Crippen LogP contribution >= 0.6 is 11.6 Å². The maximum atomic E-state index is 11.5. The van der Waals surface area contributed by atoms with Gasteiger partial charge >= 0.3 is 0 Å². The van der Waals surface area contributed by atoms with Gasteiger partial charge in [0.2, 0.25) is 0 Å². The van der Waals surface area contributed by atoms with Gasteiger partial charge in [0.05, 0.1) is 5.02 Å². The third kappa shape index (κ3) is 2.36. The van der Waals surface area contributed by atoms with Crippen LogP contribution in [0.2, 0.25) is 5.02 Å². The van der Waals surface area contributed by atoms with Crippen molar-refractivity contribution in [1.29, 1.82) is 0 Å². The van der Waals surface area contributed by atoms with Crippen molar-refractivity contribution in [1.82, 2.24) is 0 Å². The molecular weight excluding hydrogens is 196 g/mol. The Morgan fingerprint density at radius 3 is 2.57 bits per heavy atom. The first kappa shape index (κ1) is 11.3. The molecule has 0 radical (unpaired) electrons. The molecule has 0 aliphatic rings. The van der Waals surface area contributed by atoms with Crippen LogP contribution in [-0.2, 0) is 0 Å². The predicted molar refractivity (Wildman–Crippen MR) is 60.2 cm³/mol. The minimum atomic E-state index is 0.109. The van der Waals surface area contributed by atoms with Crippen molar-refractivity contribution in [3.05, 3.63) is 34.3 Å². The van der Waals surface area contributed by atoms with Gasteiger partial charge in [-0.1, -0.05) is 38.4 Å². The smallest absolute Gasteiger partial charge is 0.164 e. The standard InChI is InChI=1S/C12H15ClO/c1-4-12(14)10-7-9(8(2)3)5-6-11(10)13/h5-8H,4H2,1-3H3. The number of Topliss-reactive ketones (excluding diaryl/α,β-unsaturated/α-hetero) is 1. The lowest BCUT2D eigenvalue weighted by Gasteiger charge is -2.08. The summed E-state index contributed by atoms with van der Waals surface area (Å²) in [5, 5.41) is 0.557. The Bertz CT molecular complexity index is 342. The Labute approximate surface area is 90.1 Å². The Morgan fingerprint density at radius 2 is 2.07 bits per heavy atom. The zero-order valence-electron chi connectivity index (χ0n) is 8.80. The van der Waals surface area contributed by atoms with Gasteiger partial charge < -0.3 is 0 Å². The lowest BCUT2D eigenvalue weighted by atomic mass is 9.98. The highest BCUT2D eigenvalue weighted by atomic mass is 35.5. The second kappa shape index (κ2) is 4.61. The third-order valence-corrected chi connectivity index (χ3v) is 2.61. The molecule has 1 aromatic carbocycles. The Kier molecular flexibility index (Phi) is 3.70. The van der Waals surface area contributed by atoms with Gasteiger partial charge in [0.15, 0.2) is 5.78 Å². The molecule has 0 N–H and O–H groups in total. The highest BCUT2D eigenvalue weighted by Crippen LogP contribution is 2.23. The summed E-state index contributed by atoms with van der Waals surface area (Å²) in [4.78, 5) is 11.5. The van der Waals surface area contributed by atoms with Crippen LogP contribution in [0.5, 0.6) is 0 Å². The Hall–Kier alpha value is -0.820. The Balaban J connectivity index is 3.15. The van der Waals surface area contributed by atoms with Crippen LogP contribution < -0.4 is 0 Å². The largest absolute Gasteiger partial charge is 0.294 e. The van der Waals surface area contributed by atoms with Crippen molar-refractivity contribution in [3.63, 3.8) is 0 Å². The maximum Gasteiger partial charge on any atom is 0.164 e. The number of benzene rings is 1. The summed E-state index contributed by atoms with van der Waals surface area (Å²) in [5.41, 5.74) is 1.81. The van der Waals surface area contributed by atoms with Crippen molar-refractivity contribution < 1.29 is 4.79 Å². The fourth-order valence-corrected chi connectivity index (χ4v) is 1.53. The van der Waals surface area contributed by atoms with E-state index in [1.165, 1.54) is 0 Å². The highest BCUT2D eigenvalue weighted by molar-refractivity contribution is 6.34. The molecule has 0 amide bonds. The average Bonchev–Trinajstić information content (AvgIpc) is 2.17. The average molecular weight is 211 g/mol. The summed E-state index contributed by atoms with van der Waals surface area (Å²) in [5.74, 6) is 0.535. The van der Waals surface area contributed by atoms with E-state index >= 15 is 0 Å². The van der Waals surface area contributed by atoms with E-state index in [1.807, 2.05) is 19.1 Å². The molecule has 0 atom stereocenters. The first-order chi connectivity index (χ1) is 6.56. The summed E-state index contributed by atoms with van der Waals surface area (Å²) < 4.78 is 0. The monoisotopic (exact) mass is 210 g/mol. The van der Waals surface area contributed by atoms with Crippen LogP contribution in [0.3, 0.4) is 0 Å². The molecule has 2 heteroatoms. The van der Waals surface area contributed by atoms with Crippen LogP contribution in [0.25, 0.3) is 0 Å². The summed E-state index contributed by atoms with van der Waals surface area (Å²) >= 11 is 5.95. The molecule has 1 aromatic rings. The van der Waals surface area contributed by atoms with Crippen LogP contribution in [0.4, 0.5) is 0 Å². The zero-order valence-corrected chi connectivity index (χ0v) is 9.56. The number of carbonyl (C=O) groups is 1. The highest BCUT2D eigenvalue weighted by Gasteiger charge is 2.10. The lowest BCUT2D eigenvalue weighted by Crippen LogP contribution is -1.99. The molecule has 0 saturated heterocycles. The molecule has 76 valence electrons. The fraction of sp³-hybridized carbons (Fsp3) is 0.417. The summed E-state index contributed by atoms with van der Waals surface area (Å²) in [6, 6.07) is 5.68. The number of hydrogen-bond donors (Lipinski definition) is 0. The molecule has 0 saturated carbocycles. The molecular formula is C12H15ClO. The molecule has 0 aliphatic carbocycles. The van der Waals surface area contributed by atoms with Gasteiger partial charge in [0.1, 0.15) is 0 Å². The van der Waals surface area contributed by atoms with Crippen LogP contribution in [0.15, 0.2) is 18.2 Å².